The molecule has 0 bridgehead atoms. The maximum atomic E-state index is 14.7. The number of ether oxygens (including phenoxy) is 2. The summed E-state index contributed by atoms with van der Waals surface area (Å²) in [6.45, 7) is 11.0. The quantitative estimate of drug-likeness (QED) is 0.105. The van der Waals surface area contributed by atoms with Crippen LogP contribution in [0.15, 0.2) is 24.2 Å². The van der Waals surface area contributed by atoms with Crippen LogP contribution in [0, 0.1) is 67.5 Å². The number of carboxylic acids is 1. The van der Waals surface area contributed by atoms with E-state index in [1.807, 2.05) is 13.1 Å². The third-order valence-corrected chi connectivity index (χ3v) is 21.5. The van der Waals surface area contributed by atoms with Gasteiger partial charge in [-0.1, -0.05) is 59.1 Å². The van der Waals surface area contributed by atoms with Crippen molar-refractivity contribution in [3.8, 4) is 0 Å². The highest BCUT2D eigenvalue weighted by molar-refractivity contribution is 5.86. The minimum absolute atomic E-state index is 0.00230. The first-order valence-electron chi connectivity index (χ1n) is 25.4. The van der Waals surface area contributed by atoms with Gasteiger partial charge in [0, 0.05) is 35.9 Å². The molecule has 3 heterocycles. The highest BCUT2D eigenvalue weighted by Gasteiger charge is 2.74. The van der Waals surface area contributed by atoms with E-state index in [0.717, 1.165) is 50.6 Å². The highest BCUT2D eigenvalue weighted by atomic mass is 16.7. The van der Waals surface area contributed by atoms with Crippen LogP contribution >= 0.6 is 0 Å². The number of imidazole rings is 1. The van der Waals surface area contributed by atoms with Gasteiger partial charge < -0.3 is 61.3 Å². The molecular formula is C51H80N4O11. The molecule has 19 unspecified atom stereocenters. The number of H-pyrrole nitrogens is 1. The van der Waals surface area contributed by atoms with E-state index in [0.29, 0.717) is 57.9 Å². The number of amides is 1. The minimum atomic E-state index is -1.61. The zero-order valence-corrected chi connectivity index (χ0v) is 40.0. The monoisotopic (exact) mass is 925 g/mol. The number of nitrogens with zero attached hydrogens (tertiary/aromatic N) is 1. The lowest BCUT2D eigenvalue weighted by atomic mass is 9.31. The van der Waals surface area contributed by atoms with Crippen molar-refractivity contribution in [3.05, 3.63) is 29.9 Å². The van der Waals surface area contributed by atoms with Crippen molar-refractivity contribution >= 4 is 11.9 Å². The molecule has 1 aromatic heterocycles. The Morgan fingerprint density at radius 1 is 0.939 bits per heavy atom. The lowest BCUT2D eigenvalue weighted by Gasteiger charge is -2.73. The number of aliphatic hydroxyl groups is 6. The van der Waals surface area contributed by atoms with Gasteiger partial charge in [-0.05, 0) is 141 Å². The lowest BCUT2D eigenvalue weighted by Crippen LogP contribution is -2.72. The van der Waals surface area contributed by atoms with Crippen molar-refractivity contribution < 1.29 is 54.8 Å². The average molecular weight is 925 g/mol. The molecule has 66 heavy (non-hydrogen) atoms. The largest absolute Gasteiger partial charge is 0.481 e. The van der Waals surface area contributed by atoms with Crippen LogP contribution in [0.5, 0.6) is 0 Å². The predicted octanol–water partition coefficient (Wildman–Crippen LogP) is 4.15. The van der Waals surface area contributed by atoms with E-state index in [4.69, 9.17) is 15.2 Å². The van der Waals surface area contributed by atoms with Crippen LogP contribution in [0.2, 0.25) is 0 Å². The molecule has 11 N–H and O–H groups in total. The molecule has 6 aliphatic carbocycles. The summed E-state index contributed by atoms with van der Waals surface area (Å²) in [7, 11) is 0. The van der Waals surface area contributed by atoms with E-state index < -0.39 is 75.8 Å². The molecule has 1 aromatic rings. The molecule has 370 valence electrons. The number of nitrogens with one attached hydrogen (secondary N) is 2. The number of aliphatic hydroxyl groups excluding tert-OH is 6. The van der Waals surface area contributed by atoms with Gasteiger partial charge in [0.1, 0.15) is 18.3 Å². The predicted molar refractivity (Wildman–Crippen MR) is 243 cm³/mol. The summed E-state index contributed by atoms with van der Waals surface area (Å²) in [6.07, 6.45) is 8.13. The third kappa shape index (κ3) is 6.84. The Morgan fingerprint density at radius 2 is 1.67 bits per heavy atom. The van der Waals surface area contributed by atoms with Crippen molar-refractivity contribution in [2.75, 3.05) is 26.4 Å². The molecule has 15 heteroatoms. The van der Waals surface area contributed by atoms with Gasteiger partial charge >= 0.3 is 5.97 Å². The van der Waals surface area contributed by atoms with E-state index >= 15 is 0 Å². The molecule has 5 saturated carbocycles. The van der Waals surface area contributed by atoms with Gasteiger partial charge in [0.15, 0.2) is 6.29 Å². The van der Waals surface area contributed by atoms with Gasteiger partial charge in [-0.2, -0.15) is 0 Å². The molecule has 1 amide bonds. The summed E-state index contributed by atoms with van der Waals surface area (Å²) in [5.74, 6) is -1.99. The fourth-order valence-electron chi connectivity index (χ4n) is 17.4. The number of nitrogens with two attached hydrogens (primary N) is 1. The van der Waals surface area contributed by atoms with Crippen molar-refractivity contribution in [3.63, 3.8) is 0 Å². The molecular weight excluding hydrogens is 845 g/mol. The lowest BCUT2D eigenvalue weighted by molar-refractivity contribution is -0.340. The zero-order valence-electron chi connectivity index (χ0n) is 40.0. The molecule has 2 aliphatic heterocycles. The second-order valence-electron chi connectivity index (χ2n) is 24.2. The minimum Gasteiger partial charge on any atom is -0.481 e. The molecule has 9 rings (SSSR count). The van der Waals surface area contributed by atoms with Crippen LogP contribution in [0.1, 0.15) is 143 Å². The fraction of sp³-hybridized carbons (Fsp3) is 0.863. The Balaban J connectivity index is 1.19. The van der Waals surface area contributed by atoms with Gasteiger partial charge in [-0.3, -0.25) is 9.59 Å². The molecule has 19 atom stereocenters. The second-order valence-corrected chi connectivity index (χ2v) is 24.2. The van der Waals surface area contributed by atoms with Crippen LogP contribution < -0.4 is 11.1 Å². The van der Waals surface area contributed by atoms with Gasteiger partial charge in [0.25, 0.3) is 0 Å². The van der Waals surface area contributed by atoms with E-state index in [1.165, 1.54) is 5.57 Å². The first-order chi connectivity index (χ1) is 31.2. The second kappa shape index (κ2) is 17.1. The molecule has 0 radical (unpaired) electrons. The van der Waals surface area contributed by atoms with Crippen LogP contribution in [-0.2, 0) is 19.1 Å². The number of aromatic amines is 1. The van der Waals surface area contributed by atoms with Crippen molar-refractivity contribution in [1.82, 2.24) is 15.3 Å². The summed E-state index contributed by atoms with van der Waals surface area (Å²) >= 11 is 0. The van der Waals surface area contributed by atoms with Crippen molar-refractivity contribution in [2.24, 2.45) is 73.2 Å². The van der Waals surface area contributed by atoms with E-state index in [-0.39, 0.29) is 72.2 Å². The number of carboxylic acid groups (broad SMARTS) is 1. The molecule has 1 spiro atoms. The SMILES string of the molecule is CC1(CO)CCC2(C(=O)O)CCC3(C)C(=CCC4C5(C)C(CC6C(C(CCCN)c7cnc[nH]7)NC(=O)C67CCCC7)C(O)C(OC6OCC(O)C(O)C6O)C(C)(CO)C5CCC43C)C2C1. The Labute approximate surface area is 390 Å². The summed E-state index contributed by atoms with van der Waals surface area (Å²) in [6, 6.07) is -0.289. The number of carbonyl (C=O) groups excluding carboxylic acids is 1. The van der Waals surface area contributed by atoms with Crippen LogP contribution in [0.3, 0.4) is 0 Å². The maximum Gasteiger partial charge on any atom is 0.310 e. The number of allylic oxidation sites excluding steroid dienone is 2. The molecule has 8 aliphatic rings. The Morgan fingerprint density at radius 3 is 2.32 bits per heavy atom. The normalized spacial score (nSPS) is 49.0. The molecule has 2 saturated heterocycles. The zero-order chi connectivity index (χ0) is 47.4. The molecule has 0 aromatic carbocycles. The number of carbonyl (C=O) groups is 2. The van der Waals surface area contributed by atoms with E-state index in [2.05, 4.69) is 49.1 Å². The average Bonchev–Trinajstić information content (AvgIpc) is 4.07. The number of fused-ring (bicyclic) bond motifs is 7. The standard InChI is InChI=1S/C51H80N4O11/c1-45(25-56)16-18-51(44(63)64)19-17-47(3)29(32(51)22-45)10-11-36-48(47,4)15-12-35-46(2,26-57)41(66-42-40(61)39(60)34(58)24-65-42)38(59)31(49(35,36)5)21-30-37(55-43(62)50(30)13-6-7-14-50)28(9-8-20-52)33-23-53-27-54-33/h10,23,27-28,30-32,34-42,56-61H,6-9,11-22,24-26,52H2,1-5H3,(H,53,54)(H,55,62)(H,63,64). The van der Waals surface area contributed by atoms with Gasteiger partial charge in [0.05, 0.1) is 42.6 Å². The first-order valence-corrected chi connectivity index (χ1v) is 25.4. The summed E-state index contributed by atoms with van der Waals surface area (Å²) in [5, 5.41) is 83.0. The number of hydrogen-bond donors (Lipinski definition) is 10. The fourth-order valence-corrected chi connectivity index (χ4v) is 17.4. The Bertz CT molecular complexity index is 2000. The first kappa shape index (κ1) is 48.5. The van der Waals surface area contributed by atoms with Gasteiger partial charge in [0.2, 0.25) is 5.91 Å². The highest BCUT2D eigenvalue weighted by Crippen LogP contribution is 2.77. The maximum absolute atomic E-state index is 14.7. The van der Waals surface area contributed by atoms with Gasteiger partial charge in [-0.15, -0.1) is 0 Å². The summed E-state index contributed by atoms with van der Waals surface area (Å²) in [5.41, 5.74) is 3.84. The van der Waals surface area contributed by atoms with Crippen molar-refractivity contribution in [2.45, 2.75) is 180 Å². The van der Waals surface area contributed by atoms with E-state index in [1.54, 1.807) is 6.33 Å². The number of hydrogen-bond acceptors (Lipinski definition) is 12. The molecule has 7 fully saturated rings. The smallest absolute Gasteiger partial charge is 0.310 e. The Hall–Kier alpha value is -2.47. The van der Waals surface area contributed by atoms with Gasteiger partial charge in [-0.25, -0.2) is 4.98 Å². The van der Waals surface area contributed by atoms with E-state index in [9.17, 15) is 45.3 Å². The number of rotatable bonds is 12. The van der Waals surface area contributed by atoms with Crippen LogP contribution in [0.4, 0.5) is 0 Å². The molecule has 15 nitrogen and oxygen atoms in total. The van der Waals surface area contributed by atoms with Crippen molar-refractivity contribution in [1.29, 1.82) is 0 Å². The summed E-state index contributed by atoms with van der Waals surface area (Å²) < 4.78 is 12.6. The number of aromatic nitrogens is 2. The van der Waals surface area contributed by atoms with Crippen LogP contribution in [-0.4, -0.2) is 127 Å². The third-order valence-electron chi connectivity index (χ3n) is 21.5. The Kier molecular flexibility index (Phi) is 12.6. The summed E-state index contributed by atoms with van der Waals surface area (Å²) in [4.78, 5) is 35.9. The topological polar surface area (TPSA) is 261 Å². The van der Waals surface area contributed by atoms with Crippen LogP contribution in [0.25, 0.3) is 0 Å². The number of aliphatic carboxylic acids is 1.